The van der Waals surface area contributed by atoms with Gasteiger partial charge in [-0.2, -0.15) is 13.2 Å². The van der Waals surface area contributed by atoms with Crippen LogP contribution in [0.4, 0.5) is 22.8 Å². The fourth-order valence-electron chi connectivity index (χ4n) is 6.52. The second-order valence-electron chi connectivity index (χ2n) is 12.2. The average molecular weight is 680 g/mol. The van der Waals surface area contributed by atoms with E-state index in [2.05, 4.69) is 5.32 Å². The molecule has 0 bridgehead atoms. The molecular weight excluding hydrogens is 639 g/mol. The number of fused-ring (bicyclic) bond motifs is 1. The van der Waals surface area contributed by atoms with Crippen LogP contribution in [0.15, 0.2) is 60.7 Å². The Balaban J connectivity index is 1.34. The van der Waals surface area contributed by atoms with E-state index < -0.39 is 85.8 Å². The van der Waals surface area contributed by atoms with Gasteiger partial charge in [0.2, 0.25) is 0 Å². The van der Waals surface area contributed by atoms with E-state index >= 15 is 0 Å². The molecule has 2 aliphatic heterocycles. The number of alkyl halides is 3. The summed E-state index contributed by atoms with van der Waals surface area (Å²) >= 11 is 0. The van der Waals surface area contributed by atoms with Crippen LogP contribution in [0, 0.1) is 0 Å². The van der Waals surface area contributed by atoms with Crippen molar-refractivity contribution in [3.63, 3.8) is 0 Å². The van der Waals surface area contributed by atoms with E-state index in [1.54, 1.807) is 61.6 Å². The third-order valence-corrected chi connectivity index (χ3v) is 9.08. The summed E-state index contributed by atoms with van der Waals surface area (Å²) in [4.78, 5) is 40.3. The largest absolute Gasteiger partial charge is 0.471 e. The van der Waals surface area contributed by atoms with Gasteiger partial charge in [0, 0.05) is 20.7 Å². The van der Waals surface area contributed by atoms with Crippen molar-refractivity contribution in [3.05, 3.63) is 71.8 Å². The number of benzene rings is 2. The summed E-state index contributed by atoms with van der Waals surface area (Å²) in [5.41, 5.74) is 1.26. The van der Waals surface area contributed by atoms with Gasteiger partial charge in [-0.3, -0.25) is 4.79 Å². The first-order chi connectivity index (χ1) is 22.9. The van der Waals surface area contributed by atoms with Crippen LogP contribution in [0.2, 0.25) is 0 Å². The number of amides is 3. The third-order valence-electron chi connectivity index (χ3n) is 9.08. The monoisotopic (exact) mass is 679 g/mol. The first-order valence-corrected chi connectivity index (χ1v) is 15.7. The molecule has 5 rings (SSSR count). The number of nitrogens with one attached hydrogen (secondary N) is 1. The molecule has 0 unspecified atom stereocenters. The van der Waals surface area contributed by atoms with Crippen molar-refractivity contribution in [3.8, 4) is 0 Å². The number of nitrogens with zero attached hydrogens (tertiary/aromatic N) is 2. The van der Waals surface area contributed by atoms with E-state index in [0.717, 1.165) is 5.56 Å². The van der Waals surface area contributed by atoms with Crippen molar-refractivity contribution in [2.75, 3.05) is 20.7 Å². The highest BCUT2D eigenvalue weighted by Gasteiger charge is 2.57. The van der Waals surface area contributed by atoms with Gasteiger partial charge in [-0.15, -0.1) is 0 Å². The molecule has 2 heterocycles. The zero-order chi connectivity index (χ0) is 34.6. The number of ether oxygens (including phenoxy) is 5. The molecule has 0 aromatic heterocycles. The van der Waals surface area contributed by atoms with Gasteiger partial charge >= 0.3 is 24.3 Å². The lowest BCUT2D eigenvalue weighted by atomic mass is 9.83. The number of aliphatic hydroxyl groups is 1. The highest BCUT2D eigenvalue weighted by molar-refractivity contribution is 5.82. The normalized spacial score (nSPS) is 29.4. The minimum Gasteiger partial charge on any atom is -0.445 e. The maximum atomic E-state index is 13.7. The number of rotatable bonds is 10. The lowest BCUT2D eigenvalue weighted by molar-refractivity contribution is -0.278. The average Bonchev–Trinajstić information content (AvgIpc) is 3.38. The summed E-state index contributed by atoms with van der Waals surface area (Å²) in [6.45, 7) is 1.05. The number of likely N-dealkylation sites (N-methyl/N-ethyl adjacent to an activating group) is 1. The van der Waals surface area contributed by atoms with Crippen LogP contribution in [0.3, 0.4) is 0 Å². The summed E-state index contributed by atoms with van der Waals surface area (Å²) in [6.07, 6.45) is -12.3. The van der Waals surface area contributed by atoms with Gasteiger partial charge in [0.15, 0.2) is 12.4 Å². The topological polar surface area (TPSA) is 136 Å². The zero-order valence-electron chi connectivity index (χ0n) is 26.7. The van der Waals surface area contributed by atoms with Crippen molar-refractivity contribution in [1.29, 1.82) is 0 Å². The second kappa shape index (κ2) is 15.1. The lowest BCUT2D eigenvalue weighted by Gasteiger charge is -2.45. The molecule has 3 amide bonds. The lowest BCUT2D eigenvalue weighted by Crippen LogP contribution is -2.64. The summed E-state index contributed by atoms with van der Waals surface area (Å²) in [5, 5.41) is 13.7. The smallest absolute Gasteiger partial charge is 0.445 e. The molecular formula is C33H40F3N3O9. The quantitative estimate of drug-likeness (QED) is 0.383. The van der Waals surface area contributed by atoms with Crippen LogP contribution >= 0.6 is 0 Å². The Morgan fingerprint density at radius 2 is 1.77 bits per heavy atom. The molecule has 9 atom stereocenters. The number of carbonyl (C=O) groups excluding carboxylic acids is 3. The first-order valence-electron chi connectivity index (χ1n) is 15.7. The first kappa shape index (κ1) is 35.4. The van der Waals surface area contributed by atoms with Gasteiger partial charge in [0.25, 0.3) is 0 Å². The molecule has 2 N–H and O–H groups in total. The molecule has 0 radical (unpaired) electrons. The van der Waals surface area contributed by atoms with Gasteiger partial charge in [-0.05, 0) is 37.3 Å². The standard InChI is InChI=1S/C33H40F3N3O9/c1-19(21-12-8-5-9-13-21)39(30(41)33(34,35)36)17-22-14-15-24(40)29(46-22)47-27-23(37-31(42)45-18-20-10-6-4-7-11-20)16-25(44-3)26-28(27)48-32(43)38(26)2/h4-13,19,22-29,40H,14-18H2,1-3H3,(H,37,42)/t19-,22+,23+,24+,25+,26-,27-,28-,29-/m1/s1. The number of methoxy groups -OCH3 is 1. The number of aliphatic hydroxyl groups excluding tert-OH is 1. The summed E-state index contributed by atoms with van der Waals surface area (Å²) in [6, 6.07) is 14.9. The Hall–Kier alpha value is -3.92. The summed E-state index contributed by atoms with van der Waals surface area (Å²) < 4.78 is 70.2. The molecule has 3 fully saturated rings. The maximum absolute atomic E-state index is 13.7. The van der Waals surface area contributed by atoms with Crippen LogP contribution in [-0.4, -0.2) is 109 Å². The molecule has 1 aliphatic carbocycles. The maximum Gasteiger partial charge on any atom is 0.471 e. The zero-order valence-corrected chi connectivity index (χ0v) is 26.7. The summed E-state index contributed by atoms with van der Waals surface area (Å²) in [5.74, 6) is -2.02. The highest BCUT2D eigenvalue weighted by Crippen LogP contribution is 2.37. The number of halogens is 3. The predicted molar refractivity (Wildman–Crippen MR) is 162 cm³/mol. The van der Waals surface area contributed by atoms with Crippen LogP contribution in [0.1, 0.15) is 43.4 Å². The predicted octanol–water partition coefficient (Wildman–Crippen LogP) is 3.92. The molecule has 12 nitrogen and oxygen atoms in total. The van der Waals surface area contributed by atoms with Crippen molar-refractivity contribution < 1.29 is 56.3 Å². The van der Waals surface area contributed by atoms with Crippen molar-refractivity contribution in [2.45, 2.75) is 93.9 Å². The molecule has 15 heteroatoms. The molecule has 2 saturated heterocycles. The Morgan fingerprint density at radius 3 is 2.42 bits per heavy atom. The third kappa shape index (κ3) is 8.02. The fraction of sp³-hybridized carbons (Fsp3) is 0.545. The number of carbonyl (C=O) groups is 3. The Labute approximate surface area is 276 Å². The van der Waals surface area contributed by atoms with Crippen LogP contribution in [0.5, 0.6) is 0 Å². The van der Waals surface area contributed by atoms with Crippen LogP contribution < -0.4 is 5.32 Å². The van der Waals surface area contributed by atoms with Crippen LogP contribution in [-0.2, 0) is 35.1 Å². The number of hydrogen-bond donors (Lipinski definition) is 2. The minimum atomic E-state index is -5.13. The van der Waals surface area contributed by atoms with Crippen LogP contribution in [0.25, 0.3) is 0 Å². The molecule has 1 saturated carbocycles. The molecule has 2 aromatic rings. The van der Waals surface area contributed by atoms with Gasteiger partial charge < -0.3 is 43.9 Å². The number of alkyl carbamates (subject to hydrolysis) is 1. The van der Waals surface area contributed by atoms with E-state index in [4.69, 9.17) is 23.7 Å². The van der Waals surface area contributed by atoms with E-state index in [1.807, 2.05) is 6.07 Å². The van der Waals surface area contributed by atoms with Gasteiger partial charge in [0.1, 0.15) is 24.9 Å². The summed E-state index contributed by atoms with van der Waals surface area (Å²) in [7, 11) is 3.01. The van der Waals surface area contributed by atoms with Crippen molar-refractivity contribution in [1.82, 2.24) is 15.1 Å². The van der Waals surface area contributed by atoms with E-state index in [9.17, 15) is 32.7 Å². The Bertz CT molecular complexity index is 1400. The van der Waals surface area contributed by atoms with E-state index in [0.29, 0.717) is 10.5 Å². The Morgan fingerprint density at radius 1 is 1.10 bits per heavy atom. The fourth-order valence-corrected chi connectivity index (χ4v) is 6.52. The van der Waals surface area contributed by atoms with E-state index in [1.165, 1.54) is 18.9 Å². The molecule has 3 aliphatic rings. The molecule has 262 valence electrons. The highest BCUT2D eigenvalue weighted by atomic mass is 19.4. The van der Waals surface area contributed by atoms with Crippen molar-refractivity contribution >= 4 is 18.1 Å². The van der Waals surface area contributed by atoms with Gasteiger partial charge in [-0.25, -0.2) is 9.59 Å². The molecule has 0 spiro atoms. The minimum absolute atomic E-state index is 0.0108. The van der Waals surface area contributed by atoms with Gasteiger partial charge in [0.05, 0.1) is 24.3 Å². The Kier molecular flexibility index (Phi) is 11.1. The number of hydrogen-bond acceptors (Lipinski definition) is 9. The van der Waals surface area contributed by atoms with Crippen molar-refractivity contribution in [2.24, 2.45) is 0 Å². The van der Waals surface area contributed by atoms with Gasteiger partial charge in [-0.1, -0.05) is 60.7 Å². The molecule has 2 aromatic carbocycles. The van der Waals surface area contributed by atoms with E-state index in [-0.39, 0.29) is 25.9 Å². The molecule has 48 heavy (non-hydrogen) atoms. The second-order valence-corrected chi connectivity index (χ2v) is 12.2. The SMILES string of the molecule is CO[C@H]1C[C@H](NC(=O)OCc2ccccc2)[C@@H](O[C@H]2O[C@H](CN(C(=O)C(F)(F)F)[C@H](C)c3ccccc3)CC[C@@H]2O)[C@@H]2OC(=O)N(C)[C@@H]21.